The van der Waals surface area contributed by atoms with Gasteiger partial charge in [-0.15, -0.1) is 0 Å². The molecule has 4 heteroatoms. The summed E-state index contributed by atoms with van der Waals surface area (Å²) in [5.74, 6) is 1.74. The summed E-state index contributed by atoms with van der Waals surface area (Å²) >= 11 is 7.52. The summed E-state index contributed by atoms with van der Waals surface area (Å²) in [6.07, 6.45) is 0. The van der Waals surface area contributed by atoms with E-state index in [-0.39, 0.29) is 9.65 Å². The molecule has 0 amide bonds. The highest BCUT2D eigenvalue weighted by molar-refractivity contribution is 9.12. The van der Waals surface area contributed by atoms with Gasteiger partial charge in [-0.3, -0.25) is 0 Å². The van der Waals surface area contributed by atoms with Crippen LogP contribution in [0.5, 0.6) is 11.5 Å². The van der Waals surface area contributed by atoms with E-state index in [1.165, 1.54) is 0 Å². The Morgan fingerprint density at radius 2 is 1.05 bits per heavy atom. The first kappa shape index (κ1) is 15.4. The molecule has 2 rings (SSSR count). The van der Waals surface area contributed by atoms with Crippen LogP contribution in [0.1, 0.15) is 20.8 Å². The van der Waals surface area contributed by atoms with E-state index < -0.39 is 0 Å². The fraction of sp³-hybridized carbons (Fsp3) is 0.250. The second-order valence-corrected chi connectivity index (χ2v) is 6.26. The number of benzene rings is 2. The van der Waals surface area contributed by atoms with Gasteiger partial charge in [0.05, 0.1) is 23.9 Å². The van der Waals surface area contributed by atoms with Crippen LogP contribution in [-0.4, -0.2) is 14.2 Å². The van der Waals surface area contributed by atoms with Gasteiger partial charge in [0, 0.05) is 11.1 Å². The van der Waals surface area contributed by atoms with Gasteiger partial charge in [0.1, 0.15) is 11.5 Å². The highest BCUT2D eigenvalue weighted by Crippen LogP contribution is 2.47. The molecule has 0 aliphatic carbocycles. The molecule has 0 aromatic heterocycles. The Morgan fingerprint density at radius 3 is 1.40 bits per heavy atom. The molecule has 0 heterocycles. The third kappa shape index (κ3) is 3.18. The molecule has 2 aromatic carbocycles. The van der Waals surface area contributed by atoms with Gasteiger partial charge in [-0.25, -0.2) is 0 Å². The molecule has 2 nitrogen and oxygen atoms in total. The van der Waals surface area contributed by atoms with E-state index in [4.69, 9.17) is 9.47 Å². The minimum atomic E-state index is 0.0787. The molecular weight excluding hydrogens is 384 g/mol. The van der Waals surface area contributed by atoms with Crippen LogP contribution < -0.4 is 9.47 Å². The summed E-state index contributed by atoms with van der Waals surface area (Å²) in [7, 11) is 3.37. The lowest BCUT2D eigenvalue weighted by Crippen LogP contribution is -2.03. The first-order valence-electron chi connectivity index (χ1n) is 6.23. The zero-order chi connectivity index (χ0) is 14.5. The smallest absolute Gasteiger partial charge is 0.123 e. The summed E-state index contributed by atoms with van der Waals surface area (Å²) in [5, 5.41) is 0. The van der Waals surface area contributed by atoms with Crippen molar-refractivity contribution in [3.8, 4) is 11.5 Å². The van der Waals surface area contributed by atoms with Gasteiger partial charge in [0.2, 0.25) is 0 Å². The summed E-state index contributed by atoms with van der Waals surface area (Å²) < 4.78 is 10.9. The van der Waals surface area contributed by atoms with Crippen molar-refractivity contribution in [1.82, 2.24) is 0 Å². The van der Waals surface area contributed by atoms with E-state index in [1.807, 2.05) is 36.4 Å². The summed E-state index contributed by atoms with van der Waals surface area (Å²) in [6.45, 7) is 0. The van der Waals surface area contributed by atoms with Crippen molar-refractivity contribution in [1.29, 1.82) is 0 Å². The number of methoxy groups -OCH3 is 2. The molecule has 0 N–H and O–H groups in total. The number of halogens is 2. The first-order valence-corrected chi connectivity index (χ1v) is 8.06. The quantitative estimate of drug-likeness (QED) is 0.637. The van der Waals surface area contributed by atoms with Crippen molar-refractivity contribution >= 4 is 31.9 Å². The molecule has 2 atom stereocenters. The fourth-order valence-electron chi connectivity index (χ4n) is 2.10. The van der Waals surface area contributed by atoms with Gasteiger partial charge in [-0.2, -0.15) is 0 Å². The number of hydrogen-bond acceptors (Lipinski definition) is 2. The van der Waals surface area contributed by atoms with Crippen LogP contribution in [0, 0.1) is 0 Å². The van der Waals surface area contributed by atoms with Gasteiger partial charge < -0.3 is 9.47 Å². The second-order valence-electron chi connectivity index (χ2n) is 4.29. The predicted molar refractivity (Wildman–Crippen MR) is 89.3 cm³/mol. The summed E-state index contributed by atoms with van der Waals surface area (Å²) in [6, 6.07) is 16.0. The molecule has 0 aliphatic heterocycles. The van der Waals surface area contributed by atoms with E-state index in [0.717, 1.165) is 22.6 Å². The van der Waals surface area contributed by atoms with E-state index in [0.29, 0.717) is 0 Å². The average Bonchev–Trinajstić information content (AvgIpc) is 2.53. The van der Waals surface area contributed by atoms with Crippen LogP contribution >= 0.6 is 31.9 Å². The molecule has 2 unspecified atom stereocenters. The van der Waals surface area contributed by atoms with Crippen molar-refractivity contribution in [2.24, 2.45) is 0 Å². The molecule has 0 saturated carbocycles. The number of rotatable bonds is 5. The second kappa shape index (κ2) is 7.14. The van der Waals surface area contributed by atoms with E-state index in [2.05, 4.69) is 44.0 Å². The maximum Gasteiger partial charge on any atom is 0.123 e. The number of para-hydroxylation sites is 2. The van der Waals surface area contributed by atoms with Crippen molar-refractivity contribution in [2.45, 2.75) is 9.65 Å². The molecule has 0 saturated heterocycles. The molecule has 20 heavy (non-hydrogen) atoms. The van der Waals surface area contributed by atoms with E-state index >= 15 is 0 Å². The molecule has 106 valence electrons. The third-order valence-electron chi connectivity index (χ3n) is 3.13. The molecular formula is C16H16Br2O2. The molecule has 2 aromatic rings. The highest BCUT2D eigenvalue weighted by Gasteiger charge is 2.24. The average molecular weight is 400 g/mol. The fourth-order valence-corrected chi connectivity index (χ4v) is 3.43. The Kier molecular flexibility index (Phi) is 5.49. The van der Waals surface area contributed by atoms with Gasteiger partial charge in [0.15, 0.2) is 0 Å². The van der Waals surface area contributed by atoms with Crippen LogP contribution in [0.3, 0.4) is 0 Å². The highest BCUT2D eigenvalue weighted by atomic mass is 79.9. The van der Waals surface area contributed by atoms with Crippen LogP contribution in [-0.2, 0) is 0 Å². The Labute approximate surface area is 136 Å². The van der Waals surface area contributed by atoms with Crippen molar-refractivity contribution in [3.63, 3.8) is 0 Å². The topological polar surface area (TPSA) is 18.5 Å². The van der Waals surface area contributed by atoms with Crippen LogP contribution in [0.25, 0.3) is 0 Å². The Hall–Kier alpha value is -1.00. The molecule has 0 radical (unpaired) electrons. The molecule has 0 fully saturated rings. The monoisotopic (exact) mass is 398 g/mol. The van der Waals surface area contributed by atoms with Crippen LogP contribution in [0.15, 0.2) is 48.5 Å². The maximum atomic E-state index is 5.43. The standard InChI is InChI=1S/C16H16Br2O2/c1-19-13-9-5-3-7-11(13)15(17)16(18)12-8-4-6-10-14(12)20-2/h3-10,15-16H,1-2H3. The summed E-state index contributed by atoms with van der Waals surface area (Å²) in [4.78, 5) is 0.157. The zero-order valence-corrected chi connectivity index (χ0v) is 14.5. The van der Waals surface area contributed by atoms with Gasteiger partial charge >= 0.3 is 0 Å². The Balaban J connectivity index is 2.35. The SMILES string of the molecule is COc1ccccc1C(Br)C(Br)c1ccccc1OC. The van der Waals surface area contributed by atoms with Gasteiger partial charge in [-0.1, -0.05) is 68.3 Å². The number of ether oxygens (including phenoxy) is 2. The lowest BCUT2D eigenvalue weighted by Gasteiger charge is -2.21. The van der Waals surface area contributed by atoms with Gasteiger partial charge in [-0.05, 0) is 12.1 Å². The minimum Gasteiger partial charge on any atom is -0.496 e. The maximum absolute atomic E-state index is 5.43. The van der Waals surface area contributed by atoms with Crippen LogP contribution in [0.4, 0.5) is 0 Å². The Morgan fingerprint density at radius 1 is 0.700 bits per heavy atom. The van der Waals surface area contributed by atoms with Crippen LogP contribution in [0.2, 0.25) is 0 Å². The van der Waals surface area contributed by atoms with Gasteiger partial charge in [0.25, 0.3) is 0 Å². The first-order chi connectivity index (χ1) is 9.69. The Bertz CT molecular complexity index is 520. The lowest BCUT2D eigenvalue weighted by atomic mass is 10.0. The number of alkyl halides is 2. The predicted octanol–water partition coefficient (Wildman–Crippen LogP) is 5.28. The molecule has 0 aliphatic rings. The normalized spacial score (nSPS) is 13.6. The number of hydrogen-bond donors (Lipinski definition) is 0. The third-order valence-corrected chi connectivity index (χ3v) is 5.88. The zero-order valence-electron chi connectivity index (χ0n) is 11.3. The van der Waals surface area contributed by atoms with Crippen molar-refractivity contribution < 1.29 is 9.47 Å². The lowest BCUT2D eigenvalue weighted by molar-refractivity contribution is 0.405. The van der Waals surface area contributed by atoms with E-state index in [9.17, 15) is 0 Å². The molecule has 0 bridgehead atoms. The minimum absolute atomic E-state index is 0.0787. The van der Waals surface area contributed by atoms with Crippen molar-refractivity contribution in [2.75, 3.05) is 14.2 Å². The summed E-state index contributed by atoms with van der Waals surface area (Å²) in [5.41, 5.74) is 2.20. The van der Waals surface area contributed by atoms with Crippen molar-refractivity contribution in [3.05, 3.63) is 59.7 Å². The molecule has 0 spiro atoms. The largest absolute Gasteiger partial charge is 0.496 e. The van der Waals surface area contributed by atoms with E-state index in [1.54, 1.807) is 14.2 Å².